The number of benzene rings is 1. The number of hydrogen-bond acceptors (Lipinski definition) is 4. The molecule has 21 heavy (non-hydrogen) atoms. The third-order valence-electron chi connectivity index (χ3n) is 3.66. The van der Waals surface area contributed by atoms with Crippen LogP contribution in [0.4, 0.5) is 5.69 Å². The van der Waals surface area contributed by atoms with Crippen LogP contribution in [-0.4, -0.2) is 25.2 Å². The predicted octanol–water partition coefficient (Wildman–Crippen LogP) is 2.69. The molecular weight excluding hydrogens is 264 g/mol. The van der Waals surface area contributed by atoms with E-state index in [1.54, 1.807) is 7.05 Å². The molecule has 0 amide bonds. The number of carbonyl (C=O) groups is 1. The van der Waals surface area contributed by atoms with Crippen LogP contribution in [0, 0.1) is 0 Å². The van der Waals surface area contributed by atoms with Gasteiger partial charge in [0.2, 0.25) is 0 Å². The first kappa shape index (κ1) is 17.2. The van der Waals surface area contributed by atoms with E-state index in [1.165, 1.54) is 0 Å². The summed E-state index contributed by atoms with van der Waals surface area (Å²) in [4.78, 5) is 12.5. The topological polar surface area (TPSA) is 64.3 Å². The highest BCUT2D eigenvalue weighted by Gasteiger charge is 2.40. The summed E-state index contributed by atoms with van der Waals surface area (Å²) in [6.07, 6.45) is 2.21. The van der Waals surface area contributed by atoms with E-state index in [4.69, 9.17) is 10.5 Å². The van der Waals surface area contributed by atoms with Gasteiger partial charge in [0.25, 0.3) is 0 Å². The molecule has 0 aliphatic carbocycles. The normalized spacial score (nSPS) is 13.5. The molecule has 0 spiro atoms. The Bertz CT molecular complexity index is 462. The van der Waals surface area contributed by atoms with Gasteiger partial charge < -0.3 is 15.8 Å². The van der Waals surface area contributed by atoms with E-state index in [0.717, 1.165) is 24.0 Å². The molecule has 0 aliphatic rings. The molecule has 1 aromatic carbocycles. The second-order valence-electron chi connectivity index (χ2n) is 5.15. The van der Waals surface area contributed by atoms with Crippen LogP contribution in [0.1, 0.15) is 32.3 Å². The highest BCUT2D eigenvalue weighted by atomic mass is 16.5. The molecule has 4 nitrogen and oxygen atoms in total. The monoisotopic (exact) mass is 290 g/mol. The van der Waals surface area contributed by atoms with E-state index in [0.29, 0.717) is 18.7 Å². The average Bonchev–Trinajstić information content (AvgIpc) is 2.47. The van der Waals surface area contributed by atoms with Crippen molar-refractivity contribution in [3.63, 3.8) is 0 Å². The van der Waals surface area contributed by atoms with Crippen molar-refractivity contribution in [1.82, 2.24) is 5.32 Å². The zero-order valence-corrected chi connectivity index (χ0v) is 13.2. The van der Waals surface area contributed by atoms with Crippen molar-refractivity contribution in [3.8, 4) is 0 Å². The molecule has 0 bridgehead atoms. The van der Waals surface area contributed by atoms with Crippen LogP contribution < -0.4 is 11.1 Å². The van der Waals surface area contributed by atoms with E-state index in [1.807, 2.05) is 31.2 Å². The molecule has 0 saturated carbocycles. The summed E-state index contributed by atoms with van der Waals surface area (Å²) in [5.41, 5.74) is 7.40. The van der Waals surface area contributed by atoms with Crippen molar-refractivity contribution in [1.29, 1.82) is 0 Å². The molecule has 1 atom stereocenters. The van der Waals surface area contributed by atoms with Crippen LogP contribution in [0.5, 0.6) is 0 Å². The Morgan fingerprint density at radius 1 is 1.33 bits per heavy atom. The SMILES string of the molecule is C=C(CCC)C(Cc1ccc(N)cc1)(NC)C(=O)OCC. The summed E-state index contributed by atoms with van der Waals surface area (Å²) in [6.45, 7) is 8.35. The zero-order chi connectivity index (χ0) is 15.9. The molecule has 3 N–H and O–H groups in total. The van der Waals surface area contributed by atoms with Crippen LogP contribution in [0.3, 0.4) is 0 Å². The van der Waals surface area contributed by atoms with Gasteiger partial charge in [-0.2, -0.15) is 0 Å². The van der Waals surface area contributed by atoms with Crippen molar-refractivity contribution < 1.29 is 9.53 Å². The lowest BCUT2D eigenvalue weighted by molar-refractivity contribution is -0.149. The number of carbonyl (C=O) groups excluding carboxylic acids is 1. The lowest BCUT2D eigenvalue weighted by Gasteiger charge is -2.33. The first-order valence-corrected chi connectivity index (χ1v) is 7.39. The lowest BCUT2D eigenvalue weighted by Crippen LogP contribution is -2.54. The second-order valence-corrected chi connectivity index (χ2v) is 5.15. The molecule has 0 heterocycles. The highest BCUT2D eigenvalue weighted by Crippen LogP contribution is 2.26. The summed E-state index contributed by atoms with van der Waals surface area (Å²) < 4.78 is 5.27. The van der Waals surface area contributed by atoms with Gasteiger partial charge >= 0.3 is 5.97 Å². The molecule has 116 valence electrons. The third-order valence-corrected chi connectivity index (χ3v) is 3.66. The quantitative estimate of drug-likeness (QED) is 0.439. The lowest BCUT2D eigenvalue weighted by atomic mass is 9.82. The Morgan fingerprint density at radius 2 is 1.95 bits per heavy atom. The molecule has 0 saturated heterocycles. The molecule has 0 radical (unpaired) electrons. The van der Waals surface area contributed by atoms with Crippen molar-refractivity contribution in [2.24, 2.45) is 0 Å². The third kappa shape index (κ3) is 4.08. The first-order valence-electron chi connectivity index (χ1n) is 7.39. The van der Waals surface area contributed by atoms with E-state index in [2.05, 4.69) is 18.8 Å². The number of esters is 1. The predicted molar refractivity (Wildman–Crippen MR) is 87.0 cm³/mol. The maximum Gasteiger partial charge on any atom is 0.330 e. The number of anilines is 1. The average molecular weight is 290 g/mol. The number of nitrogen functional groups attached to an aromatic ring is 1. The molecular formula is C17H26N2O2. The number of hydrogen-bond donors (Lipinski definition) is 2. The number of nitrogens with two attached hydrogens (primary N) is 1. The summed E-state index contributed by atoms with van der Waals surface area (Å²) in [7, 11) is 1.77. The second kappa shape index (κ2) is 7.84. The maximum absolute atomic E-state index is 12.5. The van der Waals surface area contributed by atoms with Crippen molar-refractivity contribution >= 4 is 11.7 Å². The summed E-state index contributed by atoms with van der Waals surface area (Å²) >= 11 is 0. The maximum atomic E-state index is 12.5. The first-order chi connectivity index (χ1) is 10.00. The Kier molecular flexibility index (Phi) is 6.43. The standard InChI is InChI=1S/C17H26N2O2/c1-5-7-13(3)17(19-4,16(20)21-6-2)12-14-8-10-15(18)11-9-14/h8-11,19H,3,5-7,12,18H2,1-2,4H3. The minimum absolute atomic E-state index is 0.275. The summed E-state index contributed by atoms with van der Waals surface area (Å²) in [6, 6.07) is 7.53. The number of rotatable bonds is 8. The molecule has 1 rings (SSSR count). The molecule has 4 heteroatoms. The number of likely N-dealkylation sites (N-methyl/N-ethyl adjacent to an activating group) is 1. The van der Waals surface area contributed by atoms with E-state index >= 15 is 0 Å². The van der Waals surface area contributed by atoms with Gasteiger partial charge in [0.1, 0.15) is 5.54 Å². The largest absolute Gasteiger partial charge is 0.464 e. The molecule has 0 aromatic heterocycles. The van der Waals surface area contributed by atoms with Crippen molar-refractivity contribution in [2.45, 2.75) is 38.6 Å². The van der Waals surface area contributed by atoms with Crippen LogP contribution in [-0.2, 0) is 16.0 Å². The Hall–Kier alpha value is -1.81. The van der Waals surface area contributed by atoms with Crippen LogP contribution in [0.15, 0.2) is 36.4 Å². The minimum atomic E-state index is -0.887. The Balaban J connectivity index is 3.12. The fourth-order valence-corrected chi connectivity index (χ4v) is 2.42. The van der Waals surface area contributed by atoms with Crippen molar-refractivity contribution in [3.05, 3.63) is 42.0 Å². The number of ether oxygens (including phenoxy) is 1. The van der Waals surface area contributed by atoms with Crippen LogP contribution >= 0.6 is 0 Å². The highest BCUT2D eigenvalue weighted by molar-refractivity contribution is 5.85. The molecule has 0 fully saturated rings. The Labute approximate surface area is 127 Å². The zero-order valence-electron chi connectivity index (χ0n) is 13.2. The fourth-order valence-electron chi connectivity index (χ4n) is 2.42. The van der Waals surface area contributed by atoms with Gasteiger partial charge in [-0.3, -0.25) is 0 Å². The summed E-state index contributed by atoms with van der Waals surface area (Å²) in [5.74, 6) is -0.275. The Morgan fingerprint density at radius 3 is 2.43 bits per heavy atom. The molecule has 1 aromatic rings. The van der Waals surface area contributed by atoms with Gasteiger partial charge in [-0.25, -0.2) is 4.79 Å². The fraction of sp³-hybridized carbons (Fsp3) is 0.471. The van der Waals surface area contributed by atoms with Gasteiger partial charge in [0, 0.05) is 12.1 Å². The van der Waals surface area contributed by atoms with E-state index < -0.39 is 5.54 Å². The van der Waals surface area contributed by atoms with E-state index in [9.17, 15) is 4.79 Å². The smallest absolute Gasteiger partial charge is 0.330 e. The van der Waals surface area contributed by atoms with Gasteiger partial charge in [-0.05, 0) is 43.7 Å². The van der Waals surface area contributed by atoms with Gasteiger partial charge in [0.05, 0.1) is 6.61 Å². The van der Waals surface area contributed by atoms with Gasteiger partial charge in [-0.15, -0.1) is 0 Å². The van der Waals surface area contributed by atoms with Crippen LogP contribution in [0.2, 0.25) is 0 Å². The van der Waals surface area contributed by atoms with Crippen LogP contribution in [0.25, 0.3) is 0 Å². The molecule has 1 unspecified atom stereocenters. The van der Waals surface area contributed by atoms with Crippen molar-refractivity contribution in [2.75, 3.05) is 19.4 Å². The summed E-state index contributed by atoms with van der Waals surface area (Å²) in [5, 5.41) is 3.14. The van der Waals surface area contributed by atoms with Gasteiger partial charge in [0.15, 0.2) is 0 Å². The molecule has 0 aliphatic heterocycles. The van der Waals surface area contributed by atoms with Gasteiger partial charge in [-0.1, -0.05) is 32.1 Å². The number of nitrogens with one attached hydrogen (secondary N) is 1. The van der Waals surface area contributed by atoms with E-state index in [-0.39, 0.29) is 5.97 Å². The minimum Gasteiger partial charge on any atom is -0.464 e.